The first-order valence-electron chi connectivity index (χ1n) is 10.0. The first-order valence-corrected chi connectivity index (χ1v) is 10.0. The molecular weight excluding hydrogens is 406 g/mol. The fraction of sp³-hybridized carbons (Fsp3) is 0.160. The molecule has 2 amide bonds. The summed E-state index contributed by atoms with van der Waals surface area (Å²) in [5.41, 5.74) is 4.84. The topological polar surface area (TPSA) is 89.0 Å². The number of rotatable bonds is 9. The minimum absolute atomic E-state index is 0.196. The molecule has 3 aromatic carbocycles. The van der Waals surface area contributed by atoms with Crippen molar-refractivity contribution in [1.82, 2.24) is 10.7 Å². The minimum atomic E-state index is -0.513. The van der Waals surface area contributed by atoms with Crippen molar-refractivity contribution in [2.45, 2.75) is 5.92 Å². The maximum atomic E-state index is 12.9. The van der Waals surface area contributed by atoms with E-state index in [0.29, 0.717) is 11.5 Å². The van der Waals surface area contributed by atoms with E-state index in [1.54, 1.807) is 32.4 Å². The minimum Gasteiger partial charge on any atom is -0.493 e. The summed E-state index contributed by atoms with van der Waals surface area (Å²) in [5, 5.41) is 6.64. The van der Waals surface area contributed by atoms with Gasteiger partial charge in [-0.1, -0.05) is 60.7 Å². The molecule has 0 fully saturated rings. The molecule has 7 heteroatoms. The highest BCUT2D eigenvalue weighted by atomic mass is 16.5. The lowest BCUT2D eigenvalue weighted by molar-refractivity contribution is -0.126. The predicted molar refractivity (Wildman–Crippen MR) is 123 cm³/mol. The summed E-state index contributed by atoms with van der Waals surface area (Å²) in [6.45, 7) is -0.196. The molecule has 0 spiro atoms. The normalized spacial score (nSPS) is 10.7. The number of carbonyl (C=O) groups excluding carboxylic acids is 2. The van der Waals surface area contributed by atoms with E-state index in [-0.39, 0.29) is 12.5 Å². The molecule has 0 aliphatic heterocycles. The summed E-state index contributed by atoms with van der Waals surface area (Å²) >= 11 is 0. The molecule has 0 saturated heterocycles. The van der Waals surface area contributed by atoms with E-state index >= 15 is 0 Å². The van der Waals surface area contributed by atoms with Crippen molar-refractivity contribution in [2.24, 2.45) is 5.10 Å². The summed E-state index contributed by atoms with van der Waals surface area (Å²) in [4.78, 5) is 25.1. The van der Waals surface area contributed by atoms with Gasteiger partial charge in [0.25, 0.3) is 5.91 Å². The van der Waals surface area contributed by atoms with Crippen molar-refractivity contribution in [3.05, 3.63) is 95.6 Å². The van der Waals surface area contributed by atoms with Gasteiger partial charge >= 0.3 is 0 Å². The Bertz CT molecular complexity index is 1030. The molecule has 0 bridgehead atoms. The third-order valence-corrected chi connectivity index (χ3v) is 4.76. The zero-order valence-electron chi connectivity index (χ0n) is 17.9. The third-order valence-electron chi connectivity index (χ3n) is 4.76. The van der Waals surface area contributed by atoms with Crippen LogP contribution >= 0.6 is 0 Å². The first-order chi connectivity index (χ1) is 15.6. The average Bonchev–Trinajstić information content (AvgIpc) is 2.84. The van der Waals surface area contributed by atoms with E-state index in [0.717, 1.165) is 16.7 Å². The predicted octanol–water partition coefficient (Wildman–Crippen LogP) is 3.10. The smallest absolute Gasteiger partial charge is 0.259 e. The maximum Gasteiger partial charge on any atom is 0.259 e. The fourth-order valence-electron chi connectivity index (χ4n) is 3.21. The summed E-state index contributed by atoms with van der Waals surface area (Å²) < 4.78 is 10.4. The van der Waals surface area contributed by atoms with E-state index in [1.165, 1.54) is 6.21 Å². The van der Waals surface area contributed by atoms with Crippen LogP contribution in [0.4, 0.5) is 0 Å². The Morgan fingerprint density at radius 3 is 2.03 bits per heavy atom. The van der Waals surface area contributed by atoms with Crippen LogP contribution in [0.25, 0.3) is 0 Å². The number of carbonyl (C=O) groups is 2. The Hall–Kier alpha value is -4.13. The summed E-state index contributed by atoms with van der Waals surface area (Å²) in [6, 6.07) is 24.2. The van der Waals surface area contributed by atoms with Gasteiger partial charge in [-0.25, -0.2) is 5.43 Å². The van der Waals surface area contributed by atoms with E-state index in [4.69, 9.17) is 9.47 Å². The van der Waals surface area contributed by atoms with Crippen LogP contribution in [0.1, 0.15) is 22.6 Å². The molecule has 3 aromatic rings. The molecule has 0 unspecified atom stereocenters. The van der Waals surface area contributed by atoms with Crippen LogP contribution in [0, 0.1) is 0 Å². The number of nitrogens with zero attached hydrogens (tertiary/aromatic N) is 1. The van der Waals surface area contributed by atoms with Gasteiger partial charge in [0, 0.05) is 0 Å². The van der Waals surface area contributed by atoms with E-state index in [9.17, 15) is 9.59 Å². The Balaban J connectivity index is 1.59. The number of hydrogen-bond acceptors (Lipinski definition) is 5. The van der Waals surface area contributed by atoms with Crippen LogP contribution in [0.3, 0.4) is 0 Å². The lowest BCUT2D eigenvalue weighted by atomic mass is 9.90. The second-order valence-electron chi connectivity index (χ2n) is 6.88. The molecular formula is C25H25N3O4. The molecule has 0 aliphatic rings. The molecule has 32 heavy (non-hydrogen) atoms. The first kappa shape index (κ1) is 22.6. The Kier molecular flexibility index (Phi) is 7.97. The number of amides is 2. The molecule has 0 heterocycles. The summed E-state index contributed by atoms with van der Waals surface area (Å²) in [6.07, 6.45) is 1.48. The number of nitrogens with one attached hydrogen (secondary N) is 2. The van der Waals surface area contributed by atoms with Gasteiger partial charge < -0.3 is 14.8 Å². The second kappa shape index (κ2) is 11.3. The maximum absolute atomic E-state index is 12.9. The molecule has 0 aliphatic carbocycles. The van der Waals surface area contributed by atoms with Crippen LogP contribution in [-0.4, -0.2) is 38.8 Å². The van der Waals surface area contributed by atoms with Crippen molar-refractivity contribution < 1.29 is 19.1 Å². The molecule has 3 rings (SSSR count). The second-order valence-corrected chi connectivity index (χ2v) is 6.88. The van der Waals surface area contributed by atoms with Crippen molar-refractivity contribution in [3.8, 4) is 11.5 Å². The zero-order valence-corrected chi connectivity index (χ0v) is 17.9. The number of ether oxygens (including phenoxy) is 2. The highest BCUT2D eigenvalue weighted by Gasteiger charge is 2.22. The van der Waals surface area contributed by atoms with Gasteiger partial charge in [0.05, 0.1) is 32.9 Å². The molecule has 0 aromatic heterocycles. The monoisotopic (exact) mass is 431 g/mol. The van der Waals surface area contributed by atoms with E-state index in [2.05, 4.69) is 15.8 Å². The molecule has 7 nitrogen and oxygen atoms in total. The highest BCUT2D eigenvalue weighted by Crippen LogP contribution is 2.27. The molecule has 0 saturated carbocycles. The van der Waals surface area contributed by atoms with Gasteiger partial charge in [-0.2, -0.15) is 5.10 Å². The van der Waals surface area contributed by atoms with Crippen LogP contribution in [-0.2, 0) is 9.59 Å². The van der Waals surface area contributed by atoms with Gasteiger partial charge in [0.2, 0.25) is 5.91 Å². The number of methoxy groups -OCH3 is 2. The average molecular weight is 431 g/mol. The van der Waals surface area contributed by atoms with Crippen molar-refractivity contribution in [3.63, 3.8) is 0 Å². The molecule has 0 atom stereocenters. The van der Waals surface area contributed by atoms with Gasteiger partial charge in [-0.15, -0.1) is 0 Å². The van der Waals surface area contributed by atoms with Crippen molar-refractivity contribution in [2.75, 3.05) is 20.8 Å². The van der Waals surface area contributed by atoms with Crippen LogP contribution in [0.5, 0.6) is 11.5 Å². The van der Waals surface area contributed by atoms with Gasteiger partial charge in [0.1, 0.15) is 0 Å². The van der Waals surface area contributed by atoms with Crippen LogP contribution < -0.4 is 20.2 Å². The van der Waals surface area contributed by atoms with Crippen LogP contribution in [0.2, 0.25) is 0 Å². The van der Waals surface area contributed by atoms with Crippen LogP contribution in [0.15, 0.2) is 84.0 Å². The summed E-state index contributed by atoms with van der Waals surface area (Å²) in [7, 11) is 3.10. The van der Waals surface area contributed by atoms with Gasteiger partial charge in [-0.05, 0) is 34.9 Å². The Morgan fingerprint density at radius 1 is 0.875 bits per heavy atom. The molecule has 0 radical (unpaired) electrons. The SMILES string of the molecule is COc1ccc(C=NNC(=O)CNC(=O)C(c2ccccc2)c2ccccc2)cc1OC. The lowest BCUT2D eigenvalue weighted by Gasteiger charge is -2.17. The number of hydrazone groups is 1. The summed E-state index contributed by atoms with van der Waals surface area (Å²) in [5.74, 6) is -0.0532. The van der Waals surface area contributed by atoms with E-state index in [1.807, 2.05) is 60.7 Å². The number of hydrogen-bond donors (Lipinski definition) is 2. The number of benzene rings is 3. The van der Waals surface area contributed by atoms with Crippen molar-refractivity contribution in [1.29, 1.82) is 0 Å². The molecule has 2 N–H and O–H groups in total. The molecule has 164 valence electrons. The Labute approximate surface area is 187 Å². The van der Waals surface area contributed by atoms with E-state index < -0.39 is 11.8 Å². The van der Waals surface area contributed by atoms with Crippen molar-refractivity contribution >= 4 is 18.0 Å². The van der Waals surface area contributed by atoms with Gasteiger partial charge in [0.15, 0.2) is 11.5 Å². The lowest BCUT2D eigenvalue weighted by Crippen LogP contribution is -2.37. The highest BCUT2D eigenvalue weighted by molar-refractivity contribution is 5.91. The fourth-order valence-corrected chi connectivity index (χ4v) is 3.21. The quantitative estimate of drug-likeness (QED) is 0.403. The zero-order chi connectivity index (χ0) is 22.8. The standard InChI is InChI=1S/C25H25N3O4/c1-31-21-14-13-18(15-22(21)32-2)16-27-28-23(29)17-26-25(30)24(19-9-5-3-6-10-19)20-11-7-4-8-12-20/h3-16,24H,17H2,1-2H3,(H,26,30)(H,28,29). The van der Waals surface area contributed by atoms with Gasteiger partial charge in [-0.3, -0.25) is 9.59 Å². The third kappa shape index (κ3) is 5.95. The largest absolute Gasteiger partial charge is 0.493 e. The Morgan fingerprint density at radius 2 is 1.47 bits per heavy atom.